The minimum absolute atomic E-state index is 0.0364. The predicted octanol–water partition coefficient (Wildman–Crippen LogP) is 6.72. The molecule has 1 aliphatic rings. The van der Waals surface area contributed by atoms with E-state index in [1.807, 2.05) is 19.9 Å². The highest BCUT2D eigenvalue weighted by Gasteiger charge is 2.33. The zero-order valence-corrected chi connectivity index (χ0v) is 29.9. The third-order valence-corrected chi connectivity index (χ3v) is 11.1. The minimum Gasteiger partial charge on any atom is -0.496 e. The van der Waals surface area contributed by atoms with Crippen LogP contribution in [-0.2, 0) is 45.7 Å². The summed E-state index contributed by atoms with van der Waals surface area (Å²) in [6, 6.07) is 0.907. The van der Waals surface area contributed by atoms with E-state index < -0.39 is 45.6 Å². The largest absolute Gasteiger partial charge is 0.496 e. The molecule has 0 saturated carbocycles. The average molecular weight is 669 g/mol. The van der Waals surface area contributed by atoms with Gasteiger partial charge in [0.2, 0.25) is 0 Å². The summed E-state index contributed by atoms with van der Waals surface area (Å²) >= 11 is 0. The predicted molar refractivity (Wildman–Crippen MR) is 174 cm³/mol. The van der Waals surface area contributed by atoms with Crippen molar-refractivity contribution in [3.05, 3.63) is 46.1 Å². The van der Waals surface area contributed by atoms with E-state index in [1.54, 1.807) is 26.2 Å². The Kier molecular flexibility index (Phi) is 14.6. The maximum Gasteiger partial charge on any atom is 0.342 e. The molecule has 3 unspecified atom stereocenters. The Morgan fingerprint density at radius 3 is 2.44 bits per heavy atom. The van der Waals surface area contributed by atoms with Gasteiger partial charge in [-0.3, -0.25) is 13.9 Å². The van der Waals surface area contributed by atoms with Gasteiger partial charge in [-0.05, 0) is 58.6 Å². The first-order chi connectivity index (χ1) is 21.1. The third-order valence-electron chi connectivity index (χ3n) is 7.39. The van der Waals surface area contributed by atoms with Gasteiger partial charge < -0.3 is 28.6 Å². The molecule has 1 aromatic carbocycles. The molecule has 0 amide bonds. The molecule has 0 fully saturated rings. The van der Waals surface area contributed by atoms with Crippen molar-refractivity contribution in [3.8, 4) is 11.5 Å². The number of methoxy groups -OCH3 is 1. The number of carboxylic acid groups (broad SMARTS) is 1. The fourth-order valence-corrected chi connectivity index (χ4v) is 6.92. The van der Waals surface area contributed by atoms with Crippen LogP contribution in [-0.4, -0.2) is 70.8 Å². The van der Waals surface area contributed by atoms with Crippen molar-refractivity contribution in [2.45, 2.75) is 85.4 Å². The second-order valence-electron chi connectivity index (χ2n) is 12.2. The van der Waals surface area contributed by atoms with Crippen LogP contribution in [0.25, 0.3) is 0 Å². The van der Waals surface area contributed by atoms with Crippen LogP contribution in [0.5, 0.6) is 11.5 Å². The lowest BCUT2D eigenvalue weighted by molar-refractivity contribution is -0.151. The maximum absolute atomic E-state index is 12.9. The van der Waals surface area contributed by atoms with Gasteiger partial charge in [0, 0.05) is 26.3 Å². The monoisotopic (exact) mass is 668 g/mol. The van der Waals surface area contributed by atoms with Gasteiger partial charge in [-0.15, -0.1) is 0 Å². The number of aliphatic carboxylic acids is 1. The van der Waals surface area contributed by atoms with Gasteiger partial charge in [-0.25, -0.2) is 9.59 Å². The van der Waals surface area contributed by atoms with Crippen LogP contribution < -0.4 is 9.47 Å². The maximum atomic E-state index is 12.9. The van der Waals surface area contributed by atoms with Gasteiger partial charge in [0.15, 0.2) is 6.10 Å². The van der Waals surface area contributed by atoms with E-state index in [4.69, 9.17) is 28.0 Å². The Morgan fingerprint density at radius 1 is 1.18 bits per heavy atom. The van der Waals surface area contributed by atoms with Gasteiger partial charge >= 0.3 is 25.5 Å². The lowest BCUT2D eigenvalue weighted by atomic mass is 9.93. The number of carboxylic acids is 1. The summed E-state index contributed by atoms with van der Waals surface area (Å²) < 4.78 is 45.6. The molecule has 1 N–H and O–H groups in total. The molecule has 0 saturated heterocycles. The zero-order chi connectivity index (χ0) is 33.9. The number of ether oxygens (including phenoxy) is 4. The van der Waals surface area contributed by atoms with Crippen LogP contribution in [0.1, 0.15) is 60.7 Å². The van der Waals surface area contributed by atoms with E-state index in [0.717, 1.165) is 28.3 Å². The Balaban J connectivity index is 2.21. The summed E-state index contributed by atoms with van der Waals surface area (Å²) in [7, 11) is -2.19. The number of hydrogen-bond acceptors (Lipinski definition) is 10. The number of cyclic esters (lactones) is 1. The molecular weight excluding hydrogens is 619 g/mol. The van der Waals surface area contributed by atoms with Crippen molar-refractivity contribution in [3.63, 3.8) is 0 Å². The van der Waals surface area contributed by atoms with Gasteiger partial charge in [-0.1, -0.05) is 43.4 Å². The number of hydrogen-bond donors (Lipinski definition) is 1. The second-order valence-corrected chi connectivity index (χ2v) is 20.1. The number of carbonyl (C=O) groups excluding carboxylic acids is 2. The molecule has 1 aromatic rings. The zero-order valence-electron chi connectivity index (χ0n) is 28.0. The molecule has 1 aliphatic heterocycles. The van der Waals surface area contributed by atoms with Crippen LogP contribution in [0.15, 0.2) is 23.8 Å². The van der Waals surface area contributed by atoms with Crippen LogP contribution in [0.2, 0.25) is 25.7 Å². The lowest BCUT2D eigenvalue weighted by Crippen LogP contribution is -2.23. The average Bonchev–Trinajstić information content (AvgIpc) is 3.35. The molecule has 0 bridgehead atoms. The van der Waals surface area contributed by atoms with Crippen molar-refractivity contribution in [2.75, 3.05) is 33.6 Å². The molecule has 2 rings (SSSR count). The van der Waals surface area contributed by atoms with Crippen molar-refractivity contribution in [1.82, 2.24) is 0 Å². The van der Waals surface area contributed by atoms with Crippen LogP contribution in [0.3, 0.4) is 0 Å². The van der Waals surface area contributed by atoms with E-state index in [2.05, 4.69) is 19.6 Å². The van der Waals surface area contributed by atoms with Gasteiger partial charge in [-0.2, -0.15) is 0 Å². The normalized spacial score (nSPS) is 16.1. The first-order valence-corrected chi connectivity index (χ1v) is 20.6. The smallest absolute Gasteiger partial charge is 0.342 e. The van der Waals surface area contributed by atoms with Crippen LogP contribution in [0, 0.1) is 12.8 Å². The highest BCUT2D eigenvalue weighted by molar-refractivity contribution is 7.53. The number of carbonyl (C=O) groups is 3. The molecule has 0 radical (unpaired) electrons. The summed E-state index contributed by atoms with van der Waals surface area (Å²) in [6.45, 7) is 14.4. The van der Waals surface area contributed by atoms with Gasteiger partial charge in [0.25, 0.3) is 0 Å². The number of allylic oxidation sites excluding steroid dienone is 3. The van der Waals surface area contributed by atoms with E-state index in [1.165, 1.54) is 14.0 Å². The fraction of sp³-hybridized carbons (Fsp3) is 0.594. The number of rotatable bonds is 19. The van der Waals surface area contributed by atoms with Crippen molar-refractivity contribution in [1.29, 1.82) is 0 Å². The summed E-state index contributed by atoms with van der Waals surface area (Å²) in [5.74, 6) is -1.82. The highest BCUT2D eigenvalue weighted by Crippen LogP contribution is 2.49. The fourth-order valence-electron chi connectivity index (χ4n) is 4.80. The summed E-state index contributed by atoms with van der Waals surface area (Å²) in [5, 5.41) is 9.88. The number of benzene rings is 1. The topological polar surface area (TPSA) is 144 Å². The molecule has 252 valence electrons. The molecule has 11 nitrogen and oxygen atoms in total. The van der Waals surface area contributed by atoms with Crippen LogP contribution in [0.4, 0.5) is 0 Å². The SMILES string of the molecule is CCOC(=O)C(C)OP(=O)(CCC=CC(CC(C)=CCc1c(OC)c(C)c2c(c1OCC[Si](C)(C)C)C(=O)OC2)C(=O)O)OC. The van der Waals surface area contributed by atoms with Crippen molar-refractivity contribution in [2.24, 2.45) is 5.92 Å². The Bertz CT molecular complexity index is 1330. The summed E-state index contributed by atoms with van der Waals surface area (Å²) in [4.78, 5) is 36.7. The van der Waals surface area contributed by atoms with E-state index in [0.29, 0.717) is 30.1 Å². The lowest BCUT2D eigenvalue weighted by Gasteiger charge is -2.21. The van der Waals surface area contributed by atoms with Gasteiger partial charge in [0.05, 0.1) is 32.4 Å². The Hall–Kier alpha value is -2.92. The van der Waals surface area contributed by atoms with Crippen LogP contribution >= 0.6 is 7.60 Å². The second kappa shape index (κ2) is 17.1. The standard InChI is InChI=1S/C32H49O11PSi/c1-10-40-31(35)23(4)43-44(37,39-6)17-12-11-13-24(30(33)34)19-21(2)14-15-25-28(38-5)22(3)26-20-42-32(36)27(26)29(25)41-16-18-45(7,8)9/h11,13-14,23-24H,10,12,15-20H2,1-9H3,(H,33,34). The first-order valence-electron chi connectivity index (χ1n) is 15.1. The molecule has 1 heterocycles. The molecular formula is C32H49O11PSi. The Labute approximate surface area is 267 Å². The molecule has 13 heteroatoms. The number of esters is 2. The van der Waals surface area contributed by atoms with E-state index in [9.17, 15) is 24.1 Å². The van der Waals surface area contributed by atoms with Crippen molar-refractivity contribution < 1.29 is 52.1 Å². The summed E-state index contributed by atoms with van der Waals surface area (Å²) in [5.41, 5.74) is 3.55. The first kappa shape index (κ1) is 38.3. The van der Waals surface area contributed by atoms with Crippen molar-refractivity contribution >= 4 is 33.6 Å². The summed E-state index contributed by atoms with van der Waals surface area (Å²) in [6.07, 6.45) is 4.80. The quantitative estimate of drug-likeness (QED) is 0.0726. The molecule has 45 heavy (non-hydrogen) atoms. The van der Waals surface area contributed by atoms with E-state index >= 15 is 0 Å². The highest BCUT2D eigenvalue weighted by atomic mass is 31.2. The molecule has 0 aliphatic carbocycles. The Morgan fingerprint density at radius 2 is 1.87 bits per heavy atom. The molecule has 0 spiro atoms. The number of fused-ring (bicyclic) bond motifs is 1. The third kappa shape index (κ3) is 11.1. The molecule has 0 aromatic heterocycles. The minimum atomic E-state index is -3.60. The van der Waals surface area contributed by atoms with E-state index in [-0.39, 0.29) is 32.2 Å². The van der Waals surface area contributed by atoms with Gasteiger partial charge in [0.1, 0.15) is 23.7 Å². The molecule has 3 atom stereocenters.